The van der Waals surface area contributed by atoms with E-state index in [1.54, 1.807) is 48.3 Å². The van der Waals surface area contributed by atoms with Crippen LogP contribution < -0.4 is 15.5 Å². The number of carbonyl (C=O) groups excluding carboxylic acids is 1. The van der Waals surface area contributed by atoms with Gasteiger partial charge in [-0.05, 0) is 54.1 Å². The summed E-state index contributed by atoms with van der Waals surface area (Å²) in [6, 6.07) is 25.7. The molecule has 0 heterocycles. The molecule has 0 saturated carbocycles. The van der Waals surface area contributed by atoms with Crippen molar-refractivity contribution in [1.29, 1.82) is 0 Å². The Labute approximate surface area is 218 Å². The summed E-state index contributed by atoms with van der Waals surface area (Å²) in [6.45, 7) is 0. The summed E-state index contributed by atoms with van der Waals surface area (Å²) in [7, 11) is -2.03. The molecule has 0 unspecified atom stereocenters. The predicted octanol–water partition coefficient (Wildman–Crippen LogP) is 7.09. The SMILES string of the molecule is CN(c1ccccc1)c1ccc(S(=O)(=O)Cc2ccccc2)cc1NC(=O)Nc1cccc(C(F)(F)F)c1. The first-order valence-corrected chi connectivity index (χ1v) is 13.1. The first-order valence-electron chi connectivity index (χ1n) is 11.5. The Morgan fingerprint density at radius 1 is 0.816 bits per heavy atom. The molecule has 0 radical (unpaired) electrons. The van der Waals surface area contributed by atoms with Crippen molar-refractivity contribution in [3.63, 3.8) is 0 Å². The number of rotatable bonds is 7. The number of carbonyl (C=O) groups is 1. The molecule has 2 N–H and O–H groups in total. The third kappa shape index (κ3) is 6.51. The van der Waals surface area contributed by atoms with E-state index in [9.17, 15) is 26.4 Å². The van der Waals surface area contributed by atoms with Gasteiger partial charge < -0.3 is 15.5 Å². The van der Waals surface area contributed by atoms with E-state index in [1.807, 2.05) is 30.3 Å². The van der Waals surface area contributed by atoms with E-state index < -0.39 is 27.6 Å². The van der Waals surface area contributed by atoms with E-state index in [2.05, 4.69) is 10.6 Å². The summed E-state index contributed by atoms with van der Waals surface area (Å²) in [5.41, 5.74) is 1.05. The predicted molar refractivity (Wildman–Crippen MR) is 142 cm³/mol. The van der Waals surface area contributed by atoms with Crippen LogP contribution in [0.15, 0.2) is 108 Å². The molecule has 4 aromatic carbocycles. The van der Waals surface area contributed by atoms with Crippen molar-refractivity contribution in [3.8, 4) is 0 Å². The average molecular weight is 540 g/mol. The van der Waals surface area contributed by atoms with Gasteiger partial charge in [0.1, 0.15) is 0 Å². The number of hydrogen-bond acceptors (Lipinski definition) is 4. The van der Waals surface area contributed by atoms with Crippen molar-refractivity contribution in [2.24, 2.45) is 0 Å². The molecule has 0 aliphatic carbocycles. The Morgan fingerprint density at radius 3 is 2.13 bits per heavy atom. The third-order valence-electron chi connectivity index (χ3n) is 5.73. The number of anilines is 4. The molecule has 0 spiro atoms. The Balaban J connectivity index is 1.66. The quantitative estimate of drug-likeness (QED) is 0.263. The Hall–Kier alpha value is -4.31. The summed E-state index contributed by atoms with van der Waals surface area (Å²) >= 11 is 0. The Kier molecular flexibility index (Phi) is 7.72. The maximum Gasteiger partial charge on any atom is 0.416 e. The second-order valence-corrected chi connectivity index (χ2v) is 10.5. The average Bonchev–Trinajstić information content (AvgIpc) is 2.89. The van der Waals surface area contributed by atoms with Crippen molar-refractivity contribution in [1.82, 2.24) is 0 Å². The van der Waals surface area contributed by atoms with Gasteiger partial charge in [-0.3, -0.25) is 0 Å². The molecule has 0 bridgehead atoms. The molecule has 2 amide bonds. The number of para-hydroxylation sites is 1. The van der Waals surface area contributed by atoms with Crippen LogP contribution in [0, 0.1) is 0 Å². The van der Waals surface area contributed by atoms with Gasteiger partial charge in [0, 0.05) is 18.4 Å². The molecular formula is C28H24F3N3O3S. The normalized spacial score (nSPS) is 11.6. The van der Waals surface area contributed by atoms with Gasteiger partial charge in [-0.1, -0.05) is 54.6 Å². The topological polar surface area (TPSA) is 78.5 Å². The Bertz CT molecular complexity index is 1530. The summed E-state index contributed by atoms with van der Waals surface area (Å²) < 4.78 is 65.6. The maximum atomic E-state index is 13.2. The third-order valence-corrected chi connectivity index (χ3v) is 7.41. The van der Waals surface area contributed by atoms with Crippen molar-refractivity contribution < 1.29 is 26.4 Å². The van der Waals surface area contributed by atoms with Crippen molar-refractivity contribution in [3.05, 3.63) is 114 Å². The molecule has 0 atom stereocenters. The maximum absolute atomic E-state index is 13.2. The lowest BCUT2D eigenvalue weighted by Gasteiger charge is -2.23. The van der Waals surface area contributed by atoms with Gasteiger partial charge >= 0.3 is 12.2 Å². The molecule has 196 valence electrons. The molecule has 0 fully saturated rings. The van der Waals surface area contributed by atoms with Crippen LogP contribution in [-0.4, -0.2) is 21.5 Å². The monoisotopic (exact) mass is 539 g/mol. The highest BCUT2D eigenvalue weighted by Gasteiger charge is 2.30. The van der Waals surface area contributed by atoms with E-state index in [0.717, 1.165) is 17.8 Å². The van der Waals surface area contributed by atoms with Gasteiger partial charge in [0.15, 0.2) is 9.84 Å². The minimum absolute atomic E-state index is 0.0130. The number of nitrogens with one attached hydrogen (secondary N) is 2. The number of amides is 2. The van der Waals surface area contributed by atoms with Gasteiger partial charge in [-0.25, -0.2) is 13.2 Å². The van der Waals surface area contributed by atoms with Gasteiger partial charge in [-0.2, -0.15) is 13.2 Å². The fourth-order valence-corrected chi connectivity index (χ4v) is 5.20. The fraction of sp³-hybridized carbons (Fsp3) is 0.107. The van der Waals surface area contributed by atoms with Crippen LogP contribution in [0.25, 0.3) is 0 Å². The van der Waals surface area contributed by atoms with Gasteiger partial charge in [0.2, 0.25) is 0 Å². The van der Waals surface area contributed by atoms with Crippen LogP contribution in [0.2, 0.25) is 0 Å². The molecular weight excluding hydrogens is 515 g/mol. The standard InChI is InChI=1S/C28H24F3N3O3S/c1-34(23-13-6-3-7-14-23)26-16-15-24(38(36,37)19-20-9-4-2-5-10-20)18-25(26)33-27(35)32-22-12-8-11-21(17-22)28(29,30)31/h2-18H,19H2,1H3,(H2,32,33,35). The van der Waals surface area contributed by atoms with Gasteiger partial charge in [-0.15, -0.1) is 0 Å². The number of urea groups is 1. The second kappa shape index (κ2) is 11.0. The van der Waals surface area contributed by atoms with E-state index in [-0.39, 0.29) is 22.0 Å². The molecule has 6 nitrogen and oxygen atoms in total. The lowest BCUT2D eigenvalue weighted by molar-refractivity contribution is -0.137. The highest BCUT2D eigenvalue weighted by Crippen LogP contribution is 2.34. The second-order valence-electron chi connectivity index (χ2n) is 8.48. The minimum Gasteiger partial charge on any atom is -0.343 e. The summed E-state index contributed by atoms with van der Waals surface area (Å²) in [6.07, 6.45) is -4.57. The number of alkyl halides is 3. The fourth-order valence-electron chi connectivity index (χ4n) is 3.83. The summed E-state index contributed by atoms with van der Waals surface area (Å²) in [4.78, 5) is 14.6. The van der Waals surface area contributed by atoms with E-state index in [4.69, 9.17) is 0 Å². The molecule has 10 heteroatoms. The zero-order valence-electron chi connectivity index (χ0n) is 20.2. The minimum atomic E-state index is -4.57. The number of benzene rings is 4. The van der Waals surface area contributed by atoms with Crippen LogP contribution in [0.1, 0.15) is 11.1 Å². The molecule has 0 aromatic heterocycles. The molecule has 0 aliphatic rings. The molecule has 4 aromatic rings. The highest BCUT2D eigenvalue weighted by atomic mass is 32.2. The van der Waals surface area contributed by atoms with Crippen molar-refractivity contribution in [2.75, 3.05) is 22.6 Å². The van der Waals surface area contributed by atoms with Crippen molar-refractivity contribution in [2.45, 2.75) is 16.8 Å². The summed E-state index contributed by atoms with van der Waals surface area (Å²) in [5.74, 6) is -0.239. The number of nitrogens with zero attached hydrogens (tertiary/aromatic N) is 1. The molecule has 38 heavy (non-hydrogen) atoms. The Morgan fingerprint density at radius 2 is 1.47 bits per heavy atom. The van der Waals surface area contributed by atoms with E-state index >= 15 is 0 Å². The zero-order chi connectivity index (χ0) is 27.3. The number of sulfone groups is 1. The van der Waals surface area contributed by atoms with E-state index in [0.29, 0.717) is 11.3 Å². The largest absolute Gasteiger partial charge is 0.416 e. The number of hydrogen-bond donors (Lipinski definition) is 2. The smallest absolute Gasteiger partial charge is 0.343 e. The van der Waals surface area contributed by atoms with Crippen LogP contribution in [0.4, 0.5) is 40.7 Å². The highest BCUT2D eigenvalue weighted by molar-refractivity contribution is 7.90. The van der Waals surface area contributed by atoms with Crippen molar-refractivity contribution >= 4 is 38.6 Å². The van der Waals surface area contributed by atoms with Gasteiger partial charge in [0.05, 0.1) is 27.6 Å². The lowest BCUT2D eigenvalue weighted by Crippen LogP contribution is -2.22. The zero-order valence-corrected chi connectivity index (χ0v) is 21.1. The van der Waals surface area contributed by atoms with Crippen LogP contribution in [0.5, 0.6) is 0 Å². The first kappa shape index (κ1) is 26.7. The van der Waals surface area contributed by atoms with Gasteiger partial charge in [0.25, 0.3) is 0 Å². The van der Waals surface area contributed by atoms with Crippen LogP contribution >= 0.6 is 0 Å². The van der Waals surface area contributed by atoms with Crippen LogP contribution in [-0.2, 0) is 21.8 Å². The summed E-state index contributed by atoms with van der Waals surface area (Å²) in [5, 5.41) is 5.00. The molecule has 0 saturated heterocycles. The number of halogens is 3. The van der Waals surface area contributed by atoms with E-state index in [1.165, 1.54) is 24.3 Å². The molecule has 0 aliphatic heterocycles. The lowest BCUT2D eigenvalue weighted by atomic mass is 10.2. The molecule has 4 rings (SSSR count). The first-order chi connectivity index (χ1) is 18.0. The van der Waals surface area contributed by atoms with Crippen LogP contribution in [0.3, 0.4) is 0 Å².